The van der Waals surface area contributed by atoms with Gasteiger partial charge in [-0.3, -0.25) is 4.79 Å². The largest absolute Gasteiger partial charge is 0.480 e. The number of ether oxygens (including phenoxy) is 1. The third-order valence-corrected chi connectivity index (χ3v) is 2.33. The first-order valence-corrected chi connectivity index (χ1v) is 4.78. The second kappa shape index (κ2) is 6.53. The van der Waals surface area contributed by atoms with Gasteiger partial charge < -0.3 is 15.6 Å². The predicted octanol–water partition coefficient (Wildman–Crippen LogP) is 0.0708. The molecule has 5 heteroatoms. The Labute approximate surface area is 67.9 Å². The van der Waals surface area contributed by atoms with Gasteiger partial charge in [-0.2, -0.15) is 0 Å². The Kier molecular flexibility index (Phi) is 6.42. The van der Waals surface area contributed by atoms with Crippen molar-refractivity contribution in [2.45, 2.75) is 12.5 Å². The zero-order valence-corrected chi connectivity index (χ0v) is 7.54. The Morgan fingerprint density at radius 3 is 2.91 bits per heavy atom. The van der Waals surface area contributed by atoms with Crippen LogP contribution >= 0.6 is 8.58 Å². The Hall–Kier alpha value is -0.180. The first kappa shape index (κ1) is 10.8. The van der Waals surface area contributed by atoms with Crippen LogP contribution in [0.5, 0.6) is 0 Å². The highest BCUT2D eigenvalue weighted by Crippen LogP contribution is 2.11. The predicted molar refractivity (Wildman–Crippen MR) is 45.3 cm³/mol. The molecule has 0 rings (SSSR count). The fourth-order valence-corrected chi connectivity index (χ4v) is 1.42. The van der Waals surface area contributed by atoms with Crippen molar-refractivity contribution in [2.75, 3.05) is 19.6 Å². The van der Waals surface area contributed by atoms with Gasteiger partial charge in [-0.05, 0) is 12.6 Å². The molecule has 0 saturated carbocycles. The summed E-state index contributed by atoms with van der Waals surface area (Å²) in [4.78, 5) is 10.2. The fourth-order valence-electron chi connectivity index (χ4n) is 0.555. The number of rotatable bonds is 6. The number of aliphatic carboxylic acids is 1. The van der Waals surface area contributed by atoms with E-state index in [2.05, 4.69) is 0 Å². The smallest absolute Gasteiger partial charge is 0.320 e. The number of methoxy groups -OCH3 is 1. The van der Waals surface area contributed by atoms with Crippen LogP contribution in [0.15, 0.2) is 0 Å². The molecule has 0 aromatic rings. The van der Waals surface area contributed by atoms with E-state index >= 15 is 0 Å². The zero-order chi connectivity index (χ0) is 8.69. The first-order valence-electron chi connectivity index (χ1n) is 3.36. The molecule has 0 spiro atoms. The minimum Gasteiger partial charge on any atom is -0.480 e. The van der Waals surface area contributed by atoms with Crippen LogP contribution in [-0.2, 0) is 9.53 Å². The van der Waals surface area contributed by atoms with Crippen molar-refractivity contribution in [3.05, 3.63) is 0 Å². The molecule has 66 valence electrons. The van der Waals surface area contributed by atoms with Gasteiger partial charge in [-0.25, -0.2) is 0 Å². The van der Waals surface area contributed by atoms with Crippen LogP contribution in [0, 0.1) is 0 Å². The lowest BCUT2D eigenvalue weighted by molar-refractivity contribution is -0.138. The maximum Gasteiger partial charge on any atom is 0.320 e. The van der Waals surface area contributed by atoms with E-state index in [9.17, 15) is 4.79 Å². The Bertz CT molecular complexity index is 120. The topological polar surface area (TPSA) is 72.5 Å². The maximum absolute atomic E-state index is 10.2. The van der Waals surface area contributed by atoms with Crippen LogP contribution in [0.2, 0.25) is 0 Å². The SMILES string of the molecule is COCPCC[C@H](N)C(=O)O. The monoisotopic (exact) mass is 179 g/mol. The Morgan fingerprint density at radius 1 is 1.82 bits per heavy atom. The summed E-state index contributed by atoms with van der Waals surface area (Å²) in [6.45, 7) is 0. The quantitative estimate of drug-likeness (QED) is 0.447. The molecule has 0 aliphatic carbocycles. The van der Waals surface area contributed by atoms with Crippen LogP contribution in [0.3, 0.4) is 0 Å². The fraction of sp³-hybridized carbons (Fsp3) is 0.833. The van der Waals surface area contributed by atoms with Crippen molar-refractivity contribution in [1.82, 2.24) is 0 Å². The van der Waals surface area contributed by atoms with E-state index in [1.807, 2.05) is 0 Å². The number of hydrogen-bond acceptors (Lipinski definition) is 3. The van der Waals surface area contributed by atoms with E-state index in [-0.39, 0.29) is 0 Å². The van der Waals surface area contributed by atoms with Crippen molar-refractivity contribution in [1.29, 1.82) is 0 Å². The molecule has 0 amide bonds. The van der Waals surface area contributed by atoms with Gasteiger partial charge in [0.1, 0.15) is 6.04 Å². The van der Waals surface area contributed by atoms with Crippen molar-refractivity contribution in [3.8, 4) is 0 Å². The second-order valence-corrected chi connectivity index (χ2v) is 3.46. The molecule has 1 unspecified atom stereocenters. The third kappa shape index (κ3) is 6.23. The molecule has 0 aliphatic heterocycles. The van der Waals surface area contributed by atoms with Crippen molar-refractivity contribution in [3.63, 3.8) is 0 Å². The van der Waals surface area contributed by atoms with Gasteiger partial charge in [0.2, 0.25) is 0 Å². The molecule has 0 aromatic heterocycles. The standard InChI is InChI=1S/C6H14NO3P/c1-10-4-11-3-2-5(7)6(8)9/h5,11H,2-4,7H2,1H3,(H,8,9)/t5-/m0/s1. The van der Waals surface area contributed by atoms with Crippen LogP contribution in [0.4, 0.5) is 0 Å². The van der Waals surface area contributed by atoms with Gasteiger partial charge in [0, 0.05) is 7.11 Å². The van der Waals surface area contributed by atoms with Gasteiger partial charge in [0.05, 0.1) is 6.35 Å². The van der Waals surface area contributed by atoms with Crippen LogP contribution in [-0.4, -0.2) is 36.7 Å². The number of carboxylic acids is 1. The lowest BCUT2D eigenvalue weighted by Crippen LogP contribution is -2.30. The van der Waals surface area contributed by atoms with Gasteiger partial charge in [-0.1, -0.05) is 8.58 Å². The lowest BCUT2D eigenvalue weighted by atomic mass is 10.2. The van der Waals surface area contributed by atoms with E-state index in [4.69, 9.17) is 15.6 Å². The average Bonchev–Trinajstić information content (AvgIpc) is 1.97. The minimum atomic E-state index is -0.924. The first-order chi connectivity index (χ1) is 5.18. The average molecular weight is 179 g/mol. The molecular weight excluding hydrogens is 165 g/mol. The zero-order valence-electron chi connectivity index (χ0n) is 6.54. The number of nitrogens with two attached hydrogens (primary N) is 1. The van der Waals surface area contributed by atoms with Gasteiger partial charge in [0.25, 0.3) is 0 Å². The molecule has 0 radical (unpaired) electrons. The third-order valence-electron chi connectivity index (χ3n) is 1.20. The van der Waals surface area contributed by atoms with Crippen LogP contribution in [0.1, 0.15) is 6.42 Å². The molecule has 0 fully saturated rings. The molecule has 0 heterocycles. The van der Waals surface area contributed by atoms with Crippen molar-refractivity contribution < 1.29 is 14.6 Å². The van der Waals surface area contributed by atoms with Gasteiger partial charge in [-0.15, -0.1) is 0 Å². The molecule has 0 aromatic carbocycles. The summed E-state index contributed by atoms with van der Waals surface area (Å²) in [6.07, 6.45) is 2.07. The minimum absolute atomic E-state index is 0.539. The van der Waals surface area contributed by atoms with Crippen molar-refractivity contribution in [2.24, 2.45) is 5.73 Å². The van der Waals surface area contributed by atoms with Gasteiger partial charge >= 0.3 is 5.97 Å². The van der Waals surface area contributed by atoms with E-state index in [0.29, 0.717) is 21.3 Å². The van der Waals surface area contributed by atoms with E-state index in [0.717, 1.165) is 6.16 Å². The van der Waals surface area contributed by atoms with E-state index in [1.54, 1.807) is 7.11 Å². The molecule has 2 atom stereocenters. The second-order valence-electron chi connectivity index (χ2n) is 2.17. The molecule has 0 bridgehead atoms. The summed E-state index contributed by atoms with van der Waals surface area (Å²) in [5, 5.41) is 8.39. The molecular formula is C6H14NO3P. The number of carboxylic acid groups (broad SMARTS) is 1. The van der Waals surface area contributed by atoms with Crippen molar-refractivity contribution >= 4 is 14.6 Å². The molecule has 3 N–H and O–H groups in total. The molecule has 0 saturated heterocycles. The lowest BCUT2D eigenvalue weighted by Gasteiger charge is -2.04. The Balaban J connectivity index is 3.17. The van der Waals surface area contributed by atoms with E-state index < -0.39 is 12.0 Å². The normalized spacial score (nSPS) is 14.0. The summed E-state index contributed by atoms with van der Waals surface area (Å²) in [5.41, 5.74) is 5.26. The highest BCUT2D eigenvalue weighted by atomic mass is 31.1. The highest BCUT2D eigenvalue weighted by molar-refractivity contribution is 7.37. The maximum atomic E-state index is 10.2. The van der Waals surface area contributed by atoms with E-state index in [1.165, 1.54) is 0 Å². The summed E-state index contributed by atoms with van der Waals surface area (Å²) in [7, 11) is 2.28. The molecule has 4 nitrogen and oxygen atoms in total. The van der Waals surface area contributed by atoms with Crippen LogP contribution < -0.4 is 5.73 Å². The number of carbonyl (C=O) groups is 1. The number of hydrogen-bond donors (Lipinski definition) is 2. The molecule has 11 heavy (non-hydrogen) atoms. The summed E-state index contributed by atoms with van der Waals surface area (Å²) in [5.74, 6) is -0.924. The summed E-state index contributed by atoms with van der Waals surface area (Å²) >= 11 is 0. The summed E-state index contributed by atoms with van der Waals surface area (Å²) in [6, 6.07) is -0.709. The Morgan fingerprint density at radius 2 is 2.45 bits per heavy atom. The molecule has 0 aliphatic rings. The van der Waals surface area contributed by atoms with Gasteiger partial charge in [0.15, 0.2) is 0 Å². The van der Waals surface area contributed by atoms with Crippen LogP contribution in [0.25, 0.3) is 0 Å². The highest BCUT2D eigenvalue weighted by Gasteiger charge is 2.09. The summed E-state index contributed by atoms with van der Waals surface area (Å²) < 4.78 is 4.81.